The lowest BCUT2D eigenvalue weighted by molar-refractivity contribution is -0.127. The molecule has 6 nitrogen and oxygen atoms in total. The summed E-state index contributed by atoms with van der Waals surface area (Å²) in [6.07, 6.45) is 3.35. The zero-order valence-electron chi connectivity index (χ0n) is 12.6. The Morgan fingerprint density at radius 2 is 1.95 bits per heavy atom. The molecule has 0 saturated heterocycles. The zero-order valence-corrected chi connectivity index (χ0v) is 12.6. The number of hydrogen-bond acceptors (Lipinski definition) is 5. The zero-order chi connectivity index (χ0) is 15.4. The van der Waals surface area contributed by atoms with Crippen LogP contribution in [0.1, 0.15) is 12.5 Å². The standard InChI is InChI=1S/C15H19N3O3/c1-5-14-17-11(9-15(19)18(14)16-2)10-6-7-12(20-3)13(8-10)21-4/h5-9,16-17H,1-4H3/b14-5-. The summed E-state index contributed by atoms with van der Waals surface area (Å²) in [6, 6.07) is 5.50. The maximum Gasteiger partial charge on any atom is 0.268 e. The number of ether oxygens (including phenoxy) is 2. The first-order valence-corrected chi connectivity index (χ1v) is 6.53. The lowest BCUT2D eigenvalue weighted by atomic mass is 10.1. The average molecular weight is 289 g/mol. The van der Waals surface area contributed by atoms with Crippen molar-refractivity contribution in [1.82, 2.24) is 15.8 Å². The smallest absolute Gasteiger partial charge is 0.268 e. The maximum atomic E-state index is 12.1. The van der Waals surface area contributed by atoms with Gasteiger partial charge >= 0.3 is 0 Å². The number of carbonyl (C=O) groups is 1. The van der Waals surface area contributed by atoms with Crippen LogP contribution in [0, 0.1) is 0 Å². The van der Waals surface area contributed by atoms with Crippen LogP contribution in [0.4, 0.5) is 0 Å². The molecular weight excluding hydrogens is 270 g/mol. The molecule has 112 valence electrons. The van der Waals surface area contributed by atoms with E-state index in [0.29, 0.717) is 23.0 Å². The summed E-state index contributed by atoms with van der Waals surface area (Å²) >= 11 is 0. The molecule has 0 unspecified atom stereocenters. The minimum absolute atomic E-state index is 0.144. The number of carbonyl (C=O) groups excluding carboxylic acids is 1. The molecule has 6 heteroatoms. The Morgan fingerprint density at radius 1 is 1.24 bits per heavy atom. The molecule has 0 aromatic heterocycles. The number of amides is 1. The van der Waals surface area contributed by atoms with E-state index in [-0.39, 0.29) is 5.91 Å². The average Bonchev–Trinajstić information content (AvgIpc) is 2.53. The third-order valence-electron chi connectivity index (χ3n) is 3.18. The molecule has 2 N–H and O–H groups in total. The molecule has 21 heavy (non-hydrogen) atoms. The first-order valence-electron chi connectivity index (χ1n) is 6.53. The van der Waals surface area contributed by atoms with Gasteiger partial charge in [-0.05, 0) is 31.2 Å². The summed E-state index contributed by atoms with van der Waals surface area (Å²) in [4.78, 5) is 12.1. The fraction of sp³-hybridized carbons (Fsp3) is 0.267. The first-order chi connectivity index (χ1) is 10.1. The molecule has 1 amide bonds. The van der Waals surface area contributed by atoms with E-state index in [0.717, 1.165) is 5.56 Å². The van der Waals surface area contributed by atoms with Gasteiger partial charge in [-0.2, -0.15) is 0 Å². The van der Waals surface area contributed by atoms with Gasteiger partial charge < -0.3 is 14.8 Å². The van der Waals surface area contributed by atoms with Crippen molar-refractivity contribution >= 4 is 11.6 Å². The lowest BCUT2D eigenvalue weighted by Gasteiger charge is -2.29. The Kier molecular flexibility index (Phi) is 4.49. The van der Waals surface area contributed by atoms with E-state index < -0.39 is 0 Å². The Labute approximate surface area is 124 Å². The van der Waals surface area contributed by atoms with Crippen molar-refractivity contribution in [1.29, 1.82) is 0 Å². The Morgan fingerprint density at radius 3 is 2.52 bits per heavy atom. The predicted octanol–water partition coefficient (Wildman–Crippen LogP) is 1.47. The predicted molar refractivity (Wildman–Crippen MR) is 80.3 cm³/mol. The lowest BCUT2D eigenvalue weighted by Crippen LogP contribution is -2.46. The summed E-state index contributed by atoms with van der Waals surface area (Å²) < 4.78 is 10.5. The van der Waals surface area contributed by atoms with Crippen LogP contribution in [-0.4, -0.2) is 32.2 Å². The number of hydrazine groups is 1. The van der Waals surface area contributed by atoms with Gasteiger partial charge in [0.1, 0.15) is 5.82 Å². The molecule has 1 heterocycles. The van der Waals surface area contributed by atoms with Crippen molar-refractivity contribution in [3.8, 4) is 11.5 Å². The number of rotatable bonds is 4. The molecule has 0 fully saturated rings. The summed E-state index contributed by atoms with van der Waals surface area (Å²) in [5.74, 6) is 1.79. The highest BCUT2D eigenvalue weighted by Crippen LogP contribution is 2.30. The van der Waals surface area contributed by atoms with Crippen molar-refractivity contribution in [3.63, 3.8) is 0 Å². The van der Waals surface area contributed by atoms with E-state index in [1.54, 1.807) is 27.3 Å². The SMILES string of the molecule is C/C=C1/NC(c2ccc(OC)c(OC)c2)=CC(=O)N1NC. The molecule has 0 atom stereocenters. The summed E-state index contributed by atoms with van der Waals surface area (Å²) in [5, 5.41) is 4.64. The summed E-state index contributed by atoms with van der Waals surface area (Å²) in [6.45, 7) is 1.86. The highest BCUT2D eigenvalue weighted by Gasteiger charge is 2.22. The van der Waals surface area contributed by atoms with Crippen LogP contribution >= 0.6 is 0 Å². The van der Waals surface area contributed by atoms with Crippen LogP contribution in [0.25, 0.3) is 5.70 Å². The van der Waals surface area contributed by atoms with Gasteiger partial charge in [0.15, 0.2) is 11.5 Å². The van der Waals surface area contributed by atoms with Gasteiger partial charge in [-0.1, -0.05) is 0 Å². The topological polar surface area (TPSA) is 62.8 Å². The number of nitrogens with one attached hydrogen (secondary N) is 2. The van der Waals surface area contributed by atoms with Crippen molar-refractivity contribution < 1.29 is 14.3 Å². The fourth-order valence-electron chi connectivity index (χ4n) is 2.13. The van der Waals surface area contributed by atoms with Crippen LogP contribution in [0.2, 0.25) is 0 Å². The number of allylic oxidation sites excluding steroid dienone is 1. The molecule has 1 aromatic carbocycles. The van der Waals surface area contributed by atoms with E-state index in [2.05, 4.69) is 10.7 Å². The monoisotopic (exact) mass is 289 g/mol. The second-order valence-electron chi connectivity index (χ2n) is 4.32. The van der Waals surface area contributed by atoms with Gasteiger partial charge in [-0.15, -0.1) is 0 Å². The normalized spacial score (nSPS) is 16.6. The minimum Gasteiger partial charge on any atom is -0.493 e. The maximum absolute atomic E-state index is 12.1. The van der Waals surface area contributed by atoms with E-state index in [4.69, 9.17) is 9.47 Å². The minimum atomic E-state index is -0.144. The molecule has 1 aliphatic rings. The number of methoxy groups -OCH3 is 2. The van der Waals surface area contributed by atoms with Gasteiger partial charge in [-0.3, -0.25) is 4.79 Å². The van der Waals surface area contributed by atoms with Crippen molar-refractivity contribution in [2.45, 2.75) is 6.92 Å². The molecule has 0 bridgehead atoms. The van der Waals surface area contributed by atoms with Crippen molar-refractivity contribution in [2.24, 2.45) is 0 Å². The Bertz CT molecular complexity index is 608. The largest absolute Gasteiger partial charge is 0.493 e. The molecular formula is C15H19N3O3. The Hall–Kier alpha value is -2.47. The summed E-state index contributed by atoms with van der Waals surface area (Å²) in [7, 11) is 4.86. The van der Waals surface area contributed by atoms with Gasteiger partial charge in [0.05, 0.1) is 19.9 Å². The van der Waals surface area contributed by atoms with Gasteiger partial charge in [0.25, 0.3) is 5.91 Å². The van der Waals surface area contributed by atoms with E-state index >= 15 is 0 Å². The molecule has 1 aliphatic heterocycles. The van der Waals surface area contributed by atoms with E-state index in [1.165, 1.54) is 11.1 Å². The van der Waals surface area contributed by atoms with Crippen LogP contribution < -0.4 is 20.2 Å². The molecule has 0 radical (unpaired) electrons. The molecule has 2 rings (SSSR count). The van der Waals surface area contributed by atoms with Gasteiger partial charge in [0.2, 0.25) is 0 Å². The molecule has 0 spiro atoms. The third kappa shape index (κ3) is 2.85. The first kappa shape index (κ1) is 14.9. The fourth-order valence-corrected chi connectivity index (χ4v) is 2.13. The highest BCUT2D eigenvalue weighted by molar-refractivity contribution is 5.98. The summed E-state index contributed by atoms with van der Waals surface area (Å²) in [5.41, 5.74) is 4.38. The second kappa shape index (κ2) is 6.32. The second-order valence-corrected chi connectivity index (χ2v) is 4.32. The molecule has 0 aliphatic carbocycles. The van der Waals surface area contributed by atoms with Gasteiger partial charge in [0, 0.05) is 18.7 Å². The van der Waals surface area contributed by atoms with Crippen molar-refractivity contribution in [2.75, 3.05) is 21.3 Å². The van der Waals surface area contributed by atoms with Crippen LogP contribution in [0.3, 0.4) is 0 Å². The quantitative estimate of drug-likeness (QED) is 0.879. The third-order valence-corrected chi connectivity index (χ3v) is 3.18. The Balaban J connectivity index is 2.40. The van der Waals surface area contributed by atoms with Crippen LogP contribution in [0.5, 0.6) is 11.5 Å². The van der Waals surface area contributed by atoms with E-state index in [1.807, 2.05) is 25.1 Å². The number of nitrogens with zero attached hydrogens (tertiary/aromatic N) is 1. The number of hydrogen-bond donors (Lipinski definition) is 2. The van der Waals surface area contributed by atoms with Gasteiger partial charge in [-0.25, -0.2) is 10.4 Å². The van der Waals surface area contributed by atoms with Crippen molar-refractivity contribution in [3.05, 3.63) is 41.7 Å². The highest BCUT2D eigenvalue weighted by atomic mass is 16.5. The number of benzene rings is 1. The van der Waals surface area contributed by atoms with Crippen LogP contribution in [-0.2, 0) is 4.79 Å². The molecule has 0 saturated carbocycles. The van der Waals surface area contributed by atoms with E-state index in [9.17, 15) is 4.79 Å². The molecule has 1 aromatic rings. The van der Waals surface area contributed by atoms with Crippen LogP contribution in [0.15, 0.2) is 36.2 Å².